The minimum atomic E-state index is 0.713. The van der Waals surface area contributed by atoms with E-state index in [1.54, 1.807) is 0 Å². The lowest BCUT2D eigenvalue weighted by Crippen LogP contribution is -1.88. The molecular formula is C37H22Cl2O. The molecule has 0 spiro atoms. The molecule has 0 aromatic heterocycles. The van der Waals surface area contributed by atoms with Crippen LogP contribution in [0.25, 0.3) is 64.6 Å². The standard InChI is InChI=1S/C19H11ClO.C18H11Cl/c20-19-10-18-14-6-2-1-5-13(14)12(11-21)9-17(18)15-7-3-4-8-16(15)19;19-18-11-17-13-6-2-1-5-12(13)9-10-15(17)14-7-3-4-8-16(14)18/h1-11H;1-11H. The molecule has 8 rings (SSSR count). The van der Waals surface area contributed by atoms with E-state index in [2.05, 4.69) is 60.7 Å². The Morgan fingerprint density at radius 2 is 0.775 bits per heavy atom. The van der Waals surface area contributed by atoms with Crippen LogP contribution in [0.3, 0.4) is 0 Å². The number of hydrogen-bond acceptors (Lipinski definition) is 1. The second-order valence-corrected chi connectivity index (χ2v) is 10.7. The third kappa shape index (κ3) is 3.98. The molecular weight excluding hydrogens is 531 g/mol. The fraction of sp³-hybridized carbons (Fsp3) is 0. The van der Waals surface area contributed by atoms with Gasteiger partial charge in [0.05, 0.1) is 0 Å². The van der Waals surface area contributed by atoms with Crippen LogP contribution in [-0.4, -0.2) is 6.29 Å². The van der Waals surface area contributed by atoms with Gasteiger partial charge in [-0.2, -0.15) is 0 Å². The second-order valence-electron chi connectivity index (χ2n) is 9.91. The number of carbonyl (C=O) groups is 1. The van der Waals surface area contributed by atoms with Crippen molar-refractivity contribution < 1.29 is 4.79 Å². The summed E-state index contributed by atoms with van der Waals surface area (Å²) in [6.07, 6.45) is 0.922. The van der Waals surface area contributed by atoms with Crippen molar-refractivity contribution in [2.45, 2.75) is 0 Å². The molecule has 8 aromatic rings. The van der Waals surface area contributed by atoms with Gasteiger partial charge >= 0.3 is 0 Å². The van der Waals surface area contributed by atoms with E-state index in [-0.39, 0.29) is 0 Å². The molecule has 0 saturated heterocycles. The van der Waals surface area contributed by atoms with Crippen molar-refractivity contribution in [2.75, 3.05) is 0 Å². The first kappa shape index (κ1) is 24.6. The zero-order chi connectivity index (χ0) is 27.2. The summed E-state index contributed by atoms with van der Waals surface area (Å²) in [5.41, 5.74) is 0.713. The van der Waals surface area contributed by atoms with E-state index in [0.29, 0.717) is 5.56 Å². The molecule has 0 fully saturated rings. The topological polar surface area (TPSA) is 17.1 Å². The summed E-state index contributed by atoms with van der Waals surface area (Å²) in [7, 11) is 0. The van der Waals surface area contributed by atoms with Gasteiger partial charge in [0.25, 0.3) is 0 Å². The Bertz CT molecular complexity index is 2270. The van der Waals surface area contributed by atoms with Crippen LogP contribution in [0.15, 0.2) is 127 Å². The first-order valence-electron chi connectivity index (χ1n) is 13.1. The smallest absolute Gasteiger partial charge is 0.150 e. The highest BCUT2D eigenvalue weighted by Gasteiger charge is 2.11. The van der Waals surface area contributed by atoms with Gasteiger partial charge in [0, 0.05) is 26.4 Å². The van der Waals surface area contributed by atoms with Gasteiger partial charge in [-0.05, 0) is 72.1 Å². The molecule has 0 saturated carbocycles. The molecule has 8 aromatic carbocycles. The average Bonchev–Trinajstić information content (AvgIpc) is 3.01. The maximum Gasteiger partial charge on any atom is 0.150 e. The van der Waals surface area contributed by atoms with Gasteiger partial charge in [0.15, 0.2) is 6.29 Å². The molecule has 0 radical (unpaired) electrons. The SMILES string of the molecule is Clc1cc2c3ccccc3ccc2c2ccccc12.O=Cc1cc2c3ccccc3c(Cl)cc2c2ccccc12. The molecule has 0 atom stereocenters. The Kier molecular flexibility index (Phi) is 6.12. The van der Waals surface area contributed by atoms with Crippen LogP contribution in [0.1, 0.15) is 10.4 Å². The summed E-state index contributed by atoms with van der Waals surface area (Å²) < 4.78 is 0. The van der Waals surface area contributed by atoms with Gasteiger partial charge in [-0.15, -0.1) is 0 Å². The summed E-state index contributed by atoms with van der Waals surface area (Å²) in [4.78, 5) is 11.4. The van der Waals surface area contributed by atoms with Crippen LogP contribution < -0.4 is 0 Å². The number of hydrogen-bond donors (Lipinski definition) is 0. The Hall–Kier alpha value is -4.43. The van der Waals surface area contributed by atoms with Crippen molar-refractivity contribution in [3.63, 3.8) is 0 Å². The van der Waals surface area contributed by atoms with Crippen molar-refractivity contribution >= 4 is 94.1 Å². The highest BCUT2D eigenvalue weighted by atomic mass is 35.5. The lowest BCUT2D eigenvalue weighted by molar-refractivity contribution is 0.112. The van der Waals surface area contributed by atoms with Gasteiger partial charge in [-0.3, -0.25) is 4.79 Å². The number of fused-ring (bicyclic) bond motifs is 10. The zero-order valence-corrected chi connectivity index (χ0v) is 22.9. The fourth-order valence-electron chi connectivity index (χ4n) is 5.85. The molecule has 0 amide bonds. The highest BCUT2D eigenvalue weighted by molar-refractivity contribution is 6.39. The van der Waals surface area contributed by atoms with Gasteiger partial charge in [0.2, 0.25) is 0 Å². The maximum absolute atomic E-state index is 11.4. The van der Waals surface area contributed by atoms with Crippen molar-refractivity contribution in [1.29, 1.82) is 0 Å². The van der Waals surface area contributed by atoms with Crippen LogP contribution in [0.2, 0.25) is 10.0 Å². The van der Waals surface area contributed by atoms with Crippen molar-refractivity contribution in [1.82, 2.24) is 0 Å². The van der Waals surface area contributed by atoms with E-state index in [1.165, 1.54) is 26.9 Å². The molecule has 190 valence electrons. The van der Waals surface area contributed by atoms with Gasteiger partial charge in [-0.25, -0.2) is 0 Å². The van der Waals surface area contributed by atoms with Crippen molar-refractivity contribution in [3.05, 3.63) is 143 Å². The lowest BCUT2D eigenvalue weighted by Gasteiger charge is -2.11. The monoisotopic (exact) mass is 552 g/mol. The van der Waals surface area contributed by atoms with Crippen molar-refractivity contribution in [2.24, 2.45) is 0 Å². The molecule has 0 bridgehead atoms. The van der Waals surface area contributed by atoms with Crippen LogP contribution in [0.5, 0.6) is 0 Å². The molecule has 3 heteroatoms. The normalized spacial score (nSPS) is 11.3. The number of rotatable bonds is 1. The summed E-state index contributed by atoms with van der Waals surface area (Å²) in [6.45, 7) is 0. The summed E-state index contributed by atoms with van der Waals surface area (Å²) in [5, 5.41) is 15.2. The summed E-state index contributed by atoms with van der Waals surface area (Å²) in [5.74, 6) is 0. The molecule has 0 N–H and O–H groups in total. The molecule has 0 aliphatic heterocycles. The highest BCUT2D eigenvalue weighted by Crippen LogP contribution is 2.37. The number of benzene rings is 8. The Balaban J connectivity index is 0.000000133. The largest absolute Gasteiger partial charge is 0.298 e. The Morgan fingerprint density at radius 3 is 1.38 bits per heavy atom. The fourth-order valence-corrected chi connectivity index (χ4v) is 6.40. The first-order chi connectivity index (χ1) is 19.6. The Morgan fingerprint density at radius 1 is 0.375 bits per heavy atom. The number of halogens is 2. The van der Waals surface area contributed by atoms with E-state index < -0.39 is 0 Å². The van der Waals surface area contributed by atoms with Gasteiger partial charge < -0.3 is 0 Å². The maximum atomic E-state index is 11.4. The second kappa shape index (κ2) is 9.95. The van der Waals surface area contributed by atoms with Crippen LogP contribution in [0.4, 0.5) is 0 Å². The van der Waals surface area contributed by atoms with E-state index in [1.807, 2.05) is 66.7 Å². The van der Waals surface area contributed by atoms with Crippen LogP contribution in [0, 0.1) is 0 Å². The molecule has 40 heavy (non-hydrogen) atoms. The third-order valence-electron chi connectivity index (χ3n) is 7.71. The predicted molar refractivity (Wildman–Crippen MR) is 173 cm³/mol. The van der Waals surface area contributed by atoms with Crippen LogP contribution in [-0.2, 0) is 0 Å². The number of carbonyl (C=O) groups excluding carboxylic acids is 1. The molecule has 0 unspecified atom stereocenters. The van der Waals surface area contributed by atoms with E-state index in [9.17, 15) is 4.79 Å². The zero-order valence-electron chi connectivity index (χ0n) is 21.4. The molecule has 0 aliphatic carbocycles. The van der Waals surface area contributed by atoms with E-state index in [0.717, 1.165) is 54.0 Å². The predicted octanol–water partition coefficient (Wildman–Crippen LogP) is 11.4. The molecule has 1 nitrogen and oxygen atoms in total. The first-order valence-corrected chi connectivity index (χ1v) is 13.9. The van der Waals surface area contributed by atoms with Crippen molar-refractivity contribution in [3.8, 4) is 0 Å². The van der Waals surface area contributed by atoms with E-state index in [4.69, 9.17) is 23.2 Å². The Labute approximate surface area is 241 Å². The molecule has 0 aliphatic rings. The average molecular weight is 553 g/mol. The van der Waals surface area contributed by atoms with E-state index >= 15 is 0 Å². The molecule has 0 heterocycles. The third-order valence-corrected chi connectivity index (χ3v) is 8.33. The van der Waals surface area contributed by atoms with Gasteiger partial charge in [-0.1, -0.05) is 132 Å². The summed E-state index contributed by atoms with van der Waals surface area (Å²) >= 11 is 12.9. The quantitative estimate of drug-likeness (QED) is 0.146. The summed E-state index contributed by atoms with van der Waals surface area (Å²) in [6, 6.07) is 43.1. The number of aldehydes is 1. The minimum Gasteiger partial charge on any atom is -0.298 e. The van der Waals surface area contributed by atoms with Crippen LogP contribution >= 0.6 is 23.2 Å². The lowest BCUT2D eigenvalue weighted by atomic mass is 9.94. The minimum absolute atomic E-state index is 0.713. The van der Waals surface area contributed by atoms with Gasteiger partial charge in [0.1, 0.15) is 0 Å².